The lowest BCUT2D eigenvalue weighted by atomic mass is 9.84. The van der Waals surface area contributed by atoms with Gasteiger partial charge in [0, 0.05) is 18.7 Å². The van der Waals surface area contributed by atoms with Gasteiger partial charge in [-0.3, -0.25) is 9.36 Å². The number of carbonyl (C=O) groups excluding carboxylic acids is 1. The third-order valence-corrected chi connectivity index (χ3v) is 4.58. The van der Waals surface area contributed by atoms with Gasteiger partial charge in [-0.05, 0) is 24.8 Å². The van der Waals surface area contributed by atoms with Gasteiger partial charge in [0.2, 0.25) is 0 Å². The van der Waals surface area contributed by atoms with Crippen LogP contribution in [0.15, 0.2) is 41.3 Å². The molecule has 25 heavy (non-hydrogen) atoms. The molecule has 3 atom stereocenters. The Kier molecular flexibility index (Phi) is 4.99. The number of esters is 1. The van der Waals surface area contributed by atoms with E-state index in [2.05, 4.69) is 4.98 Å². The van der Waals surface area contributed by atoms with Gasteiger partial charge in [-0.2, -0.15) is 0 Å². The maximum atomic E-state index is 12.7. The molecule has 0 fully saturated rings. The van der Waals surface area contributed by atoms with Crippen molar-refractivity contribution in [3.63, 3.8) is 0 Å². The van der Waals surface area contributed by atoms with Gasteiger partial charge in [-0.25, -0.2) is 9.78 Å². The molecule has 6 nitrogen and oxygen atoms in total. The van der Waals surface area contributed by atoms with Crippen LogP contribution in [-0.4, -0.2) is 27.2 Å². The van der Waals surface area contributed by atoms with E-state index in [0.29, 0.717) is 12.4 Å². The molecule has 1 aromatic heterocycles. The van der Waals surface area contributed by atoms with E-state index in [1.807, 2.05) is 37.3 Å². The minimum absolute atomic E-state index is 0.0624. The van der Waals surface area contributed by atoms with E-state index in [1.165, 1.54) is 10.8 Å². The molecule has 0 saturated carbocycles. The normalized spacial score (nSPS) is 20.6. The molecular formula is C19H22N2O4. The van der Waals surface area contributed by atoms with Crippen LogP contribution in [0, 0.1) is 5.92 Å². The molecule has 6 heteroatoms. The molecule has 1 unspecified atom stereocenters. The summed E-state index contributed by atoms with van der Waals surface area (Å²) in [7, 11) is 0. The molecule has 1 N–H and O–H groups in total. The van der Waals surface area contributed by atoms with Crippen molar-refractivity contribution in [3.8, 4) is 0 Å². The lowest BCUT2D eigenvalue weighted by molar-refractivity contribution is 0.0521. The number of aliphatic hydroxyl groups is 1. The molecular weight excluding hydrogens is 320 g/mol. The fraction of sp³-hybridized carbons (Fsp3) is 0.421. The van der Waals surface area contributed by atoms with Crippen molar-refractivity contribution in [2.45, 2.75) is 38.8 Å². The zero-order valence-corrected chi connectivity index (χ0v) is 14.4. The standard InChI is InChI=1S/C19H22N2O4/c1-3-25-19(24)15-10-20-17-14(9-12(2)11-21(17)18(15)23)16(22)13-7-5-4-6-8-13/h4-8,10,12,14,16,22H,3,9,11H2,1-2H3/t12-,14+,16?/m1/s1. The summed E-state index contributed by atoms with van der Waals surface area (Å²) in [6, 6.07) is 9.35. The Labute approximate surface area is 146 Å². The van der Waals surface area contributed by atoms with Crippen molar-refractivity contribution < 1.29 is 14.6 Å². The summed E-state index contributed by atoms with van der Waals surface area (Å²) in [6.45, 7) is 4.39. The number of rotatable bonds is 4. The first-order chi connectivity index (χ1) is 12.0. The fourth-order valence-corrected chi connectivity index (χ4v) is 3.40. The van der Waals surface area contributed by atoms with E-state index < -0.39 is 17.6 Å². The second-order valence-corrected chi connectivity index (χ2v) is 6.47. The molecule has 1 aliphatic rings. The maximum Gasteiger partial charge on any atom is 0.345 e. The number of hydrogen-bond donors (Lipinski definition) is 1. The largest absolute Gasteiger partial charge is 0.462 e. The summed E-state index contributed by atoms with van der Waals surface area (Å²) in [5, 5.41) is 10.8. The first-order valence-electron chi connectivity index (χ1n) is 8.52. The zero-order chi connectivity index (χ0) is 18.0. The molecule has 0 radical (unpaired) electrons. The van der Waals surface area contributed by atoms with Crippen LogP contribution >= 0.6 is 0 Å². The highest BCUT2D eigenvalue weighted by Gasteiger charge is 2.34. The number of nitrogens with zero attached hydrogens (tertiary/aromatic N) is 2. The maximum absolute atomic E-state index is 12.7. The van der Waals surface area contributed by atoms with Crippen LogP contribution in [0.4, 0.5) is 0 Å². The smallest absolute Gasteiger partial charge is 0.345 e. The van der Waals surface area contributed by atoms with Gasteiger partial charge in [0.15, 0.2) is 0 Å². The molecule has 132 valence electrons. The van der Waals surface area contributed by atoms with E-state index in [9.17, 15) is 14.7 Å². The Bertz CT molecular complexity index is 816. The van der Waals surface area contributed by atoms with Crippen LogP contribution in [0.5, 0.6) is 0 Å². The average molecular weight is 342 g/mol. The first kappa shape index (κ1) is 17.4. The summed E-state index contributed by atoms with van der Waals surface area (Å²) >= 11 is 0. The van der Waals surface area contributed by atoms with Crippen LogP contribution in [0.1, 0.15) is 54.0 Å². The Hall–Kier alpha value is -2.47. The van der Waals surface area contributed by atoms with Crippen LogP contribution < -0.4 is 5.56 Å². The van der Waals surface area contributed by atoms with Crippen molar-refractivity contribution in [1.29, 1.82) is 0 Å². The topological polar surface area (TPSA) is 81.4 Å². The predicted molar refractivity (Wildman–Crippen MR) is 92.4 cm³/mol. The summed E-state index contributed by atoms with van der Waals surface area (Å²) in [6.07, 6.45) is 1.24. The molecule has 0 aliphatic carbocycles. The fourth-order valence-electron chi connectivity index (χ4n) is 3.40. The van der Waals surface area contributed by atoms with Gasteiger partial charge < -0.3 is 9.84 Å². The SMILES string of the molecule is CCOC(=O)c1cnc2n(c1=O)C[C@H](C)C[C@H]2C(O)c1ccccc1. The van der Waals surface area contributed by atoms with Crippen LogP contribution in [-0.2, 0) is 11.3 Å². The highest BCUT2D eigenvalue weighted by Crippen LogP contribution is 2.38. The van der Waals surface area contributed by atoms with E-state index in [1.54, 1.807) is 6.92 Å². The van der Waals surface area contributed by atoms with E-state index in [-0.39, 0.29) is 24.0 Å². The number of carbonyl (C=O) groups is 1. The average Bonchev–Trinajstić information content (AvgIpc) is 2.62. The second kappa shape index (κ2) is 7.19. The van der Waals surface area contributed by atoms with Crippen LogP contribution in [0.3, 0.4) is 0 Å². The lowest BCUT2D eigenvalue weighted by Gasteiger charge is -2.33. The lowest BCUT2D eigenvalue weighted by Crippen LogP contribution is -2.38. The molecule has 0 bridgehead atoms. The summed E-state index contributed by atoms with van der Waals surface area (Å²) in [5.74, 6) is -0.246. The van der Waals surface area contributed by atoms with E-state index >= 15 is 0 Å². The van der Waals surface area contributed by atoms with Crippen molar-refractivity contribution in [2.75, 3.05) is 6.61 Å². The summed E-state index contributed by atoms with van der Waals surface area (Å²) in [5.41, 5.74) is 0.324. The number of hydrogen-bond acceptors (Lipinski definition) is 5. The molecule has 2 aromatic rings. The Morgan fingerprint density at radius 1 is 1.40 bits per heavy atom. The quantitative estimate of drug-likeness (QED) is 0.862. The number of aliphatic hydroxyl groups excluding tert-OH is 1. The van der Waals surface area contributed by atoms with Gasteiger partial charge >= 0.3 is 5.97 Å². The van der Waals surface area contributed by atoms with Gasteiger partial charge in [-0.15, -0.1) is 0 Å². The van der Waals surface area contributed by atoms with Gasteiger partial charge in [0.05, 0.1) is 12.7 Å². The van der Waals surface area contributed by atoms with Crippen molar-refractivity contribution >= 4 is 5.97 Å². The second-order valence-electron chi connectivity index (χ2n) is 6.47. The Balaban J connectivity index is 2.03. The zero-order valence-electron chi connectivity index (χ0n) is 14.4. The van der Waals surface area contributed by atoms with Gasteiger partial charge in [0.1, 0.15) is 11.4 Å². The molecule has 2 heterocycles. The molecule has 1 aliphatic heterocycles. The third-order valence-electron chi connectivity index (χ3n) is 4.58. The summed E-state index contributed by atoms with van der Waals surface area (Å²) in [4.78, 5) is 29.0. The third kappa shape index (κ3) is 3.35. The minimum atomic E-state index is -0.754. The van der Waals surface area contributed by atoms with Crippen molar-refractivity contribution in [3.05, 3.63) is 63.8 Å². The van der Waals surface area contributed by atoms with Crippen molar-refractivity contribution in [1.82, 2.24) is 9.55 Å². The summed E-state index contributed by atoms with van der Waals surface area (Å²) < 4.78 is 6.44. The number of ether oxygens (including phenoxy) is 1. The Morgan fingerprint density at radius 2 is 2.12 bits per heavy atom. The molecule has 0 spiro atoms. The monoisotopic (exact) mass is 342 g/mol. The molecule has 3 rings (SSSR count). The highest BCUT2D eigenvalue weighted by molar-refractivity contribution is 5.88. The van der Waals surface area contributed by atoms with Gasteiger partial charge in [0.25, 0.3) is 5.56 Å². The van der Waals surface area contributed by atoms with Crippen LogP contribution in [0.25, 0.3) is 0 Å². The Morgan fingerprint density at radius 3 is 2.80 bits per heavy atom. The number of benzene rings is 1. The molecule has 1 aromatic carbocycles. The minimum Gasteiger partial charge on any atom is -0.462 e. The predicted octanol–water partition coefficient (Wildman–Crippen LogP) is 2.28. The van der Waals surface area contributed by atoms with Crippen molar-refractivity contribution in [2.24, 2.45) is 5.92 Å². The van der Waals surface area contributed by atoms with E-state index in [4.69, 9.17) is 4.74 Å². The number of fused-ring (bicyclic) bond motifs is 1. The first-order valence-corrected chi connectivity index (χ1v) is 8.52. The van der Waals surface area contributed by atoms with Gasteiger partial charge in [-0.1, -0.05) is 37.3 Å². The molecule has 0 saturated heterocycles. The van der Waals surface area contributed by atoms with Crippen LogP contribution in [0.2, 0.25) is 0 Å². The highest BCUT2D eigenvalue weighted by atomic mass is 16.5. The van der Waals surface area contributed by atoms with E-state index in [0.717, 1.165) is 12.0 Å². The molecule has 0 amide bonds. The number of aromatic nitrogens is 2.